The van der Waals surface area contributed by atoms with Crippen molar-refractivity contribution in [3.05, 3.63) is 0 Å². The number of nitrogens with one attached hydrogen (secondary N) is 1. The molecule has 0 aromatic heterocycles. The molecule has 2 heteroatoms. The first-order valence-electron chi connectivity index (χ1n) is 9.04. The molecule has 2 nitrogen and oxygen atoms in total. The summed E-state index contributed by atoms with van der Waals surface area (Å²) in [6.45, 7) is 10.8. The Morgan fingerprint density at radius 1 is 1.10 bits per heavy atom. The zero-order valence-electron chi connectivity index (χ0n) is 14.2. The van der Waals surface area contributed by atoms with E-state index in [9.17, 15) is 0 Å². The molecule has 0 saturated heterocycles. The molecule has 0 spiro atoms. The molecule has 1 aliphatic rings. The minimum absolute atomic E-state index is 0.565. The Kier molecular flexibility index (Phi) is 9.54. The topological polar surface area (TPSA) is 21.3 Å². The van der Waals surface area contributed by atoms with Crippen LogP contribution in [0.3, 0.4) is 0 Å². The van der Waals surface area contributed by atoms with Crippen molar-refractivity contribution in [1.82, 2.24) is 5.32 Å². The molecule has 1 rings (SSSR count). The van der Waals surface area contributed by atoms with E-state index in [1.54, 1.807) is 0 Å². The van der Waals surface area contributed by atoms with Crippen LogP contribution in [0.15, 0.2) is 0 Å². The summed E-state index contributed by atoms with van der Waals surface area (Å²) in [5, 5.41) is 3.62. The molecule has 0 aliphatic heterocycles. The predicted octanol–water partition coefficient (Wildman–Crippen LogP) is 4.78. The lowest BCUT2D eigenvalue weighted by atomic mass is 9.67. The summed E-state index contributed by atoms with van der Waals surface area (Å²) in [4.78, 5) is 0. The van der Waals surface area contributed by atoms with Crippen LogP contribution in [0.4, 0.5) is 0 Å². The van der Waals surface area contributed by atoms with E-state index in [-0.39, 0.29) is 0 Å². The second-order valence-electron chi connectivity index (χ2n) is 6.67. The maximum Gasteiger partial charge on any atom is 0.0466 e. The molecule has 1 aliphatic carbocycles. The van der Waals surface area contributed by atoms with E-state index in [4.69, 9.17) is 4.74 Å². The summed E-state index contributed by atoms with van der Waals surface area (Å²) >= 11 is 0. The average Bonchev–Trinajstić information content (AvgIpc) is 2.49. The summed E-state index contributed by atoms with van der Waals surface area (Å²) in [6.07, 6.45) is 12.6. The summed E-state index contributed by atoms with van der Waals surface area (Å²) in [5.41, 5.74) is 0.565. The van der Waals surface area contributed by atoms with Crippen LogP contribution in [0.2, 0.25) is 0 Å². The van der Waals surface area contributed by atoms with Gasteiger partial charge in [-0.2, -0.15) is 0 Å². The largest absolute Gasteiger partial charge is 0.382 e. The standard InChI is InChI=1S/C18H37NO/c1-4-7-9-17-10-13-18(14-11-17,16-19-5-2)12-8-15-20-6-3/h17,19H,4-16H2,1-3H3. The van der Waals surface area contributed by atoms with E-state index >= 15 is 0 Å². The van der Waals surface area contributed by atoms with Crippen molar-refractivity contribution in [2.45, 2.75) is 78.6 Å². The van der Waals surface area contributed by atoms with Gasteiger partial charge in [0.1, 0.15) is 0 Å². The van der Waals surface area contributed by atoms with Gasteiger partial charge in [-0.1, -0.05) is 33.1 Å². The molecule has 1 fully saturated rings. The number of hydrogen-bond donors (Lipinski definition) is 1. The van der Waals surface area contributed by atoms with Crippen LogP contribution in [-0.4, -0.2) is 26.3 Å². The first-order valence-corrected chi connectivity index (χ1v) is 9.04. The van der Waals surface area contributed by atoms with Gasteiger partial charge >= 0.3 is 0 Å². The van der Waals surface area contributed by atoms with Crippen LogP contribution in [0.25, 0.3) is 0 Å². The number of rotatable bonds is 11. The monoisotopic (exact) mass is 283 g/mol. The minimum Gasteiger partial charge on any atom is -0.382 e. The Hall–Kier alpha value is -0.0800. The van der Waals surface area contributed by atoms with Gasteiger partial charge in [0.15, 0.2) is 0 Å². The molecule has 20 heavy (non-hydrogen) atoms. The van der Waals surface area contributed by atoms with Gasteiger partial charge in [-0.3, -0.25) is 0 Å². The van der Waals surface area contributed by atoms with Gasteiger partial charge in [0.05, 0.1) is 0 Å². The Morgan fingerprint density at radius 3 is 2.45 bits per heavy atom. The fourth-order valence-corrected chi connectivity index (χ4v) is 3.67. The molecule has 0 aromatic carbocycles. The normalized spacial score (nSPS) is 26.9. The van der Waals surface area contributed by atoms with Gasteiger partial charge in [0.25, 0.3) is 0 Å². The second-order valence-corrected chi connectivity index (χ2v) is 6.67. The maximum absolute atomic E-state index is 5.53. The van der Waals surface area contributed by atoms with E-state index in [2.05, 4.69) is 26.1 Å². The molecule has 0 atom stereocenters. The van der Waals surface area contributed by atoms with Gasteiger partial charge in [-0.05, 0) is 63.3 Å². The highest BCUT2D eigenvalue weighted by Crippen LogP contribution is 2.43. The van der Waals surface area contributed by atoms with Gasteiger partial charge in [0.2, 0.25) is 0 Å². The third-order valence-corrected chi connectivity index (χ3v) is 5.08. The minimum atomic E-state index is 0.565. The second kappa shape index (κ2) is 10.6. The fourth-order valence-electron chi connectivity index (χ4n) is 3.67. The van der Waals surface area contributed by atoms with Crippen molar-refractivity contribution in [1.29, 1.82) is 0 Å². The molecule has 0 amide bonds. The number of unbranched alkanes of at least 4 members (excludes halogenated alkanes) is 1. The Labute approximate surface area is 127 Å². The van der Waals surface area contributed by atoms with Crippen molar-refractivity contribution in [3.8, 4) is 0 Å². The van der Waals surface area contributed by atoms with E-state index < -0.39 is 0 Å². The Bertz CT molecular complexity index is 221. The van der Waals surface area contributed by atoms with E-state index in [0.29, 0.717) is 5.41 Å². The fraction of sp³-hybridized carbons (Fsp3) is 1.00. The van der Waals surface area contributed by atoms with E-state index in [1.165, 1.54) is 64.3 Å². The summed E-state index contributed by atoms with van der Waals surface area (Å²) < 4.78 is 5.53. The summed E-state index contributed by atoms with van der Waals surface area (Å²) in [7, 11) is 0. The quantitative estimate of drug-likeness (QED) is 0.551. The molecule has 0 bridgehead atoms. The third-order valence-electron chi connectivity index (χ3n) is 5.08. The molecule has 0 heterocycles. The summed E-state index contributed by atoms with van der Waals surface area (Å²) in [6, 6.07) is 0. The van der Waals surface area contributed by atoms with Crippen molar-refractivity contribution >= 4 is 0 Å². The zero-order valence-corrected chi connectivity index (χ0v) is 14.2. The van der Waals surface area contributed by atoms with Crippen LogP contribution < -0.4 is 5.32 Å². The molecular weight excluding hydrogens is 246 g/mol. The molecule has 0 radical (unpaired) electrons. The van der Waals surface area contributed by atoms with E-state index in [1.807, 2.05) is 0 Å². The lowest BCUT2D eigenvalue weighted by Crippen LogP contribution is -2.38. The Balaban J connectivity index is 2.36. The Morgan fingerprint density at radius 2 is 1.85 bits per heavy atom. The van der Waals surface area contributed by atoms with Gasteiger partial charge in [0, 0.05) is 19.8 Å². The number of ether oxygens (including phenoxy) is 1. The lowest BCUT2D eigenvalue weighted by molar-refractivity contribution is 0.0945. The average molecular weight is 284 g/mol. The molecule has 1 saturated carbocycles. The highest BCUT2D eigenvalue weighted by atomic mass is 16.5. The van der Waals surface area contributed by atoms with E-state index in [0.717, 1.165) is 25.7 Å². The van der Waals surface area contributed by atoms with Crippen molar-refractivity contribution < 1.29 is 4.74 Å². The van der Waals surface area contributed by atoms with Crippen LogP contribution in [0, 0.1) is 11.3 Å². The SMILES string of the molecule is CCCCC1CCC(CCCOCC)(CNCC)CC1. The van der Waals surface area contributed by atoms with Crippen molar-refractivity contribution in [2.24, 2.45) is 11.3 Å². The molecular formula is C18H37NO. The highest BCUT2D eigenvalue weighted by molar-refractivity contribution is 4.87. The predicted molar refractivity (Wildman–Crippen MR) is 88.2 cm³/mol. The van der Waals surface area contributed by atoms with Gasteiger partial charge in [-0.15, -0.1) is 0 Å². The maximum atomic E-state index is 5.53. The zero-order chi connectivity index (χ0) is 14.7. The number of hydrogen-bond acceptors (Lipinski definition) is 2. The lowest BCUT2D eigenvalue weighted by Gasteiger charge is -2.41. The van der Waals surface area contributed by atoms with Crippen LogP contribution in [0.5, 0.6) is 0 Å². The first kappa shape index (κ1) is 18.0. The van der Waals surface area contributed by atoms with Crippen molar-refractivity contribution in [3.63, 3.8) is 0 Å². The van der Waals surface area contributed by atoms with Gasteiger partial charge < -0.3 is 10.1 Å². The molecule has 0 aromatic rings. The van der Waals surface area contributed by atoms with Crippen LogP contribution in [0.1, 0.15) is 78.6 Å². The summed E-state index contributed by atoms with van der Waals surface area (Å²) in [5.74, 6) is 1.01. The highest BCUT2D eigenvalue weighted by Gasteiger charge is 2.34. The smallest absolute Gasteiger partial charge is 0.0466 e. The van der Waals surface area contributed by atoms with Crippen LogP contribution in [-0.2, 0) is 4.74 Å². The van der Waals surface area contributed by atoms with Gasteiger partial charge in [-0.25, -0.2) is 0 Å². The van der Waals surface area contributed by atoms with Crippen LogP contribution >= 0.6 is 0 Å². The molecule has 120 valence electrons. The van der Waals surface area contributed by atoms with Crippen molar-refractivity contribution in [2.75, 3.05) is 26.3 Å². The molecule has 1 N–H and O–H groups in total. The molecule has 0 unspecified atom stereocenters. The third kappa shape index (κ3) is 6.58. The first-order chi connectivity index (χ1) is 9.76.